The van der Waals surface area contributed by atoms with E-state index in [1.54, 1.807) is 18.1 Å². The summed E-state index contributed by atoms with van der Waals surface area (Å²) < 4.78 is 7.10. The number of piperazine rings is 1. The average Bonchev–Trinajstić information content (AvgIpc) is 3.21. The van der Waals surface area contributed by atoms with Gasteiger partial charge in [-0.1, -0.05) is 18.2 Å². The summed E-state index contributed by atoms with van der Waals surface area (Å²) in [7, 11) is 1.63. The number of carbonyl (C=O) groups excluding carboxylic acids is 1. The van der Waals surface area contributed by atoms with Crippen molar-refractivity contribution in [3.63, 3.8) is 0 Å². The molecule has 0 saturated carbocycles. The predicted molar refractivity (Wildman–Crippen MR) is 109 cm³/mol. The first kappa shape index (κ1) is 18.9. The summed E-state index contributed by atoms with van der Waals surface area (Å²) in [4.78, 5) is 25.5. The van der Waals surface area contributed by atoms with Gasteiger partial charge in [0.25, 0.3) is 0 Å². The number of hydrogen-bond acceptors (Lipinski definition) is 6. The van der Waals surface area contributed by atoms with Crippen LogP contribution < -0.4 is 9.64 Å². The van der Waals surface area contributed by atoms with E-state index < -0.39 is 0 Å². The van der Waals surface area contributed by atoms with Crippen molar-refractivity contribution in [2.24, 2.45) is 0 Å². The highest BCUT2D eigenvalue weighted by molar-refractivity contribution is 5.79. The normalized spacial score (nSPS) is 14.1. The van der Waals surface area contributed by atoms with Crippen molar-refractivity contribution in [1.29, 1.82) is 0 Å². The van der Waals surface area contributed by atoms with Crippen molar-refractivity contribution in [1.82, 2.24) is 24.6 Å². The fourth-order valence-electron chi connectivity index (χ4n) is 3.49. The Bertz CT molecular complexity index is 994. The molecule has 0 atom stereocenters. The molecule has 8 heteroatoms. The molecule has 0 bridgehead atoms. The third-order valence-electron chi connectivity index (χ3n) is 5.09. The Morgan fingerprint density at radius 2 is 1.83 bits per heavy atom. The highest BCUT2D eigenvalue weighted by Crippen LogP contribution is 2.20. The fraction of sp³-hybridized carbons (Fsp3) is 0.333. The largest absolute Gasteiger partial charge is 0.496 e. The van der Waals surface area contributed by atoms with Gasteiger partial charge in [-0.3, -0.25) is 4.79 Å². The molecule has 0 N–H and O–H groups in total. The number of benzene rings is 1. The molecule has 3 heterocycles. The number of anilines is 1. The molecule has 3 aromatic rings. The highest BCUT2D eigenvalue weighted by Gasteiger charge is 2.23. The Balaban J connectivity index is 1.39. The summed E-state index contributed by atoms with van der Waals surface area (Å²) in [5.41, 5.74) is 1.85. The number of nitrogens with zero attached hydrogens (tertiary/aromatic N) is 6. The lowest BCUT2D eigenvalue weighted by atomic mass is 10.1. The third kappa shape index (κ3) is 4.21. The zero-order valence-electron chi connectivity index (χ0n) is 16.7. The highest BCUT2D eigenvalue weighted by atomic mass is 16.5. The number of para-hydroxylation sites is 1. The molecule has 1 aromatic carbocycles. The van der Waals surface area contributed by atoms with Gasteiger partial charge in [-0.25, -0.2) is 14.6 Å². The molecule has 2 aromatic heterocycles. The van der Waals surface area contributed by atoms with Gasteiger partial charge in [0.1, 0.15) is 17.9 Å². The number of aryl methyl sites for hydroxylation is 1. The molecule has 0 unspecified atom stereocenters. The van der Waals surface area contributed by atoms with Crippen LogP contribution in [0.25, 0.3) is 5.82 Å². The number of aromatic nitrogens is 4. The number of rotatable bonds is 5. The smallest absolute Gasteiger partial charge is 0.227 e. The van der Waals surface area contributed by atoms with Gasteiger partial charge < -0.3 is 14.5 Å². The van der Waals surface area contributed by atoms with Crippen molar-refractivity contribution >= 4 is 11.7 Å². The number of carbonyl (C=O) groups is 1. The van der Waals surface area contributed by atoms with Gasteiger partial charge in [-0.15, -0.1) is 0 Å². The van der Waals surface area contributed by atoms with E-state index in [-0.39, 0.29) is 5.91 Å². The molecule has 0 spiro atoms. The van der Waals surface area contributed by atoms with Crippen LogP contribution >= 0.6 is 0 Å². The minimum atomic E-state index is 0.115. The lowest BCUT2D eigenvalue weighted by molar-refractivity contribution is -0.130. The summed E-state index contributed by atoms with van der Waals surface area (Å²) in [6.07, 6.45) is 3.79. The van der Waals surface area contributed by atoms with E-state index in [0.29, 0.717) is 19.5 Å². The molecule has 1 amide bonds. The zero-order chi connectivity index (χ0) is 20.2. The van der Waals surface area contributed by atoms with Crippen LogP contribution in [0, 0.1) is 6.92 Å². The van der Waals surface area contributed by atoms with Gasteiger partial charge in [-0.2, -0.15) is 5.10 Å². The van der Waals surface area contributed by atoms with Gasteiger partial charge in [0, 0.05) is 44.0 Å². The first-order chi connectivity index (χ1) is 14.1. The standard InChI is InChI=1S/C21H24N6O2/c1-16-7-8-27(24-16)20-14-19(22-15-23-20)25-9-11-26(12-10-25)21(28)13-17-5-3-4-6-18(17)29-2/h3-8,14-15H,9-13H2,1-2H3. The Morgan fingerprint density at radius 1 is 1.07 bits per heavy atom. The topological polar surface area (TPSA) is 76.4 Å². The van der Waals surface area contributed by atoms with Gasteiger partial charge >= 0.3 is 0 Å². The first-order valence-electron chi connectivity index (χ1n) is 9.63. The van der Waals surface area contributed by atoms with E-state index in [4.69, 9.17) is 4.74 Å². The second-order valence-electron chi connectivity index (χ2n) is 6.99. The van der Waals surface area contributed by atoms with Crippen molar-refractivity contribution in [3.8, 4) is 11.6 Å². The maximum Gasteiger partial charge on any atom is 0.227 e. The van der Waals surface area contributed by atoms with Crippen LogP contribution in [-0.2, 0) is 11.2 Å². The van der Waals surface area contributed by atoms with Crippen molar-refractivity contribution in [2.45, 2.75) is 13.3 Å². The maximum atomic E-state index is 12.7. The second kappa shape index (κ2) is 8.30. The van der Waals surface area contributed by atoms with Crippen LogP contribution in [0.1, 0.15) is 11.3 Å². The minimum Gasteiger partial charge on any atom is -0.496 e. The van der Waals surface area contributed by atoms with Crippen LogP contribution in [0.4, 0.5) is 5.82 Å². The molecule has 29 heavy (non-hydrogen) atoms. The summed E-state index contributed by atoms with van der Waals surface area (Å²) in [6, 6.07) is 11.5. The fourth-order valence-corrected chi connectivity index (χ4v) is 3.49. The third-order valence-corrected chi connectivity index (χ3v) is 5.09. The van der Waals surface area contributed by atoms with E-state index in [1.165, 1.54) is 0 Å². The quantitative estimate of drug-likeness (QED) is 0.660. The molecule has 1 aliphatic heterocycles. The molecule has 1 aliphatic rings. The van der Waals surface area contributed by atoms with Crippen LogP contribution in [0.3, 0.4) is 0 Å². The average molecular weight is 392 g/mol. The number of hydrogen-bond donors (Lipinski definition) is 0. The second-order valence-corrected chi connectivity index (χ2v) is 6.99. The molecule has 150 valence electrons. The van der Waals surface area contributed by atoms with E-state index >= 15 is 0 Å². The summed E-state index contributed by atoms with van der Waals surface area (Å²) >= 11 is 0. The van der Waals surface area contributed by atoms with Gasteiger partial charge in [0.15, 0.2) is 5.82 Å². The maximum absolute atomic E-state index is 12.7. The van der Waals surface area contributed by atoms with Gasteiger partial charge in [0.2, 0.25) is 5.91 Å². The number of ether oxygens (including phenoxy) is 1. The SMILES string of the molecule is COc1ccccc1CC(=O)N1CCN(c2cc(-n3ccc(C)n3)ncn2)CC1. The number of methoxy groups -OCH3 is 1. The Kier molecular flexibility index (Phi) is 5.41. The van der Waals surface area contributed by atoms with Crippen LogP contribution in [0.2, 0.25) is 0 Å². The Labute approximate surface area is 169 Å². The molecule has 8 nitrogen and oxygen atoms in total. The number of amides is 1. The molecule has 1 fully saturated rings. The summed E-state index contributed by atoms with van der Waals surface area (Å²) in [6.45, 7) is 4.72. The van der Waals surface area contributed by atoms with Crippen molar-refractivity contribution < 1.29 is 9.53 Å². The summed E-state index contributed by atoms with van der Waals surface area (Å²) in [5, 5.41) is 4.40. The molecule has 0 aliphatic carbocycles. The predicted octanol–water partition coefficient (Wildman–Crippen LogP) is 1.87. The minimum absolute atomic E-state index is 0.115. The van der Waals surface area contributed by atoms with Crippen LogP contribution in [0.15, 0.2) is 48.9 Å². The summed E-state index contributed by atoms with van der Waals surface area (Å²) in [5.74, 6) is 2.45. The molecular weight excluding hydrogens is 368 g/mol. The van der Waals surface area contributed by atoms with E-state index in [2.05, 4.69) is 20.0 Å². The Hall–Kier alpha value is -3.42. The van der Waals surface area contributed by atoms with Crippen LogP contribution in [-0.4, -0.2) is 63.8 Å². The van der Waals surface area contributed by atoms with E-state index in [0.717, 1.165) is 41.7 Å². The molecular formula is C21H24N6O2. The van der Waals surface area contributed by atoms with E-state index in [9.17, 15) is 4.79 Å². The van der Waals surface area contributed by atoms with Gasteiger partial charge in [-0.05, 0) is 19.1 Å². The Morgan fingerprint density at radius 3 is 2.55 bits per heavy atom. The monoisotopic (exact) mass is 392 g/mol. The molecule has 4 rings (SSSR count). The first-order valence-corrected chi connectivity index (χ1v) is 9.63. The molecule has 1 saturated heterocycles. The lowest BCUT2D eigenvalue weighted by Gasteiger charge is -2.35. The zero-order valence-corrected chi connectivity index (χ0v) is 16.7. The van der Waals surface area contributed by atoms with E-state index in [1.807, 2.05) is 54.4 Å². The van der Waals surface area contributed by atoms with Crippen LogP contribution in [0.5, 0.6) is 5.75 Å². The van der Waals surface area contributed by atoms with Crippen molar-refractivity contribution in [2.75, 3.05) is 38.2 Å². The molecule has 0 radical (unpaired) electrons. The lowest BCUT2D eigenvalue weighted by Crippen LogP contribution is -2.49. The van der Waals surface area contributed by atoms with Crippen molar-refractivity contribution in [3.05, 3.63) is 60.2 Å². The van der Waals surface area contributed by atoms with Gasteiger partial charge in [0.05, 0.1) is 19.2 Å².